The molecule has 2 aromatic rings. The van der Waals surface area contributed by atoms with E-state index in [1.807, 2.05) is 10.8 Å². The Hall–Kier alpha value is -3.89. The highest BCUT2D eigenvalue weighted by Gasteiger charge is 2.22. The lowest BCUT2D eigenvalue weighted by Crippen LogP contribution is -2.37. The Morgan fingerprint density at radius 2 is 2.00 bits per heavy atom. The summed E-state index contributed by atoms with van der Waals surface area (Å²) in [6, 6.07) is 1.55. The van der Waals surface area contributed by atoms with Crippen LogP contribution in [0.2, 0.25) is 0 Å². The fraction of sp³-hybridized carbons (Fsp3) is 0.278. The van der Waals surface area contributed by atoms with Gasteiger partial charge < -0.3 is 15.2 Å². The number of aliphatic imine (C=N–C) groups is 2. The van der Waals surface area contributed by atoms with Gasteiger partial charge in [-0.2, -0.15) is 14.8 Å². The van der Waals surface area contributed by atoms with E-state index in [-0.39, 0.29) is 17.4 Å². The maximum Gasteiger partial charge on any atom is 0.314 e. The molecule has 3 rings (SSSR count). The van der Waals surface area contributed by atoms with Crippen molar-refractivity contribution in [3.05, 3.63) is 42.6 Å². The molecule has 150 valence electrons. The van der Waals surface area contributed by atoms with Gasteiger partial charge in [0.05, 0.1) is 23.3 Å². The van der Waals surface area contributed by atoms with E-state index in [0.29, 0.717) is 30.9 Å². The van der Waals surface area contributed by atoms with E-state index >= 15 is 0 Å². The van der Waals surface area contributed by atoms with Crippen LogP contribution in [0, 0.1) is 6.92 Å². The number of carbonyl (C=O) groups excluding carboxylic acids is 3. The number of rotatable bonds is 5. The van der Waals surface area contributed by atoms with Crippen LogP contribution >= 0.6 is 0 Å². The Labute approximate surface area is 166 Å². The van der Waals surface area contributed by atoms with Gasteiger partial charge in [0.15, 0.2) is 0 Å². The standard InChI is InChI=1S/C18H20N8O3/c1-11-9-14(26(24-11)18-21-13(3)12(2)15(27)23-18)22-17(29)16(28)20-5-4-7-25-8-6-19-10-25/h6,8-10H,2,4-5,7H2,1,3H3,(H,20,28)(H,22,29). The number of nitrogens with one attached hydrogen (secondary N) is 2. The van der Waals surface area contributed by atoms with E-state index < -0.39 is 17.7 Å². The number of hydrogen-bond donors (Lipinski definition) is 2. The molecule has 2 aromatic heterocycles. The van der Waals surface area contributed by atoms with E-state index in [9.17, 15) is 14.4 Å². The van der Waals surface area contributed by atoms with Gasteiger partial charge in [-0.3, -0.25) is 14.4 Å². The van der Waals surface area contributed by atoms with Gasteiger partial charge >= 0.3 is 11.8 Å². The van der Waals surface area contributed by atoms with Gasteiger partial charge in [0.1, 0.15) is 5.82 Å². The molecule has 29 heavy (non-hydrogen) atoms. The molecular weight excluding hydrogens is 376 g/mol. The number of imidazole rings is 1. The molecule has 0 spiro atoms. The first-order valence-electron chi connectivity index (χ1n) is 8.84. The van der Waals surface area contributed by atoms with E-state index in [1.165, 1.54) is 4.68 Å². The number of anilines is 1. The molecule has 2 N–H and O–H groups in total. The molecule has 0 radical (unpaired) electrons. The minimum atomic E-state index is -0.860. The molecule has 3 heterocycles. The summed E-state index contributed by atoms with van der Waals surface area (Å²) < 4.78 is 3.07. The Morgan fingerprint density at radius 1 is 1.21 bits per heavy atom. The zero-order valence-electron chi connectivity index (χ0n) is 16.0. The first kappa shape index (κ1) is 19.9. The summed E-state index contributed by atoms with van der Waals surface area (Å²) in [5, 5.41) is 9.21. The smallest absolute Gasteiger partial charge is 0.314 e. The van der Waals surface area contributed by atoms with Crippen molar-refractivity contribution < 1.29 is 14.4 Å². The normalized spacial score (nSPS) is 13.7. The van der Waals surface area contributed by atoms with Crippen LogP contribution in [-0.4, -0.2) is 55.3 Å². The van der Waals surface area contributed by atoms with Crippen LogP contribution in [0.4, 0.5) is 5.82 Å². The van der Waals surface area contributed by atoms with E-state index in [4.69, 9.17) is 0 Å². The highest BCUT2D eigenvalue weighted by Crippen LogP contribution is 2.14. The SMILES string of the molecule is C=C1C(=O)N=C(n2nc(C)cc2NC(=O)C(=O)NCCCn2ccnc2)N=C1C. The summed E-state index contributed by atoms with van der Waals surface area (Å²) in [5.74, 6) is -2.01. The molecule has 1 aliphatic heterocycles. The Kier molecular flexibility index (Phi) is 5.77. The molecule has 0 saturated carbocycles. The summed E-state index contributed by atoms with van der Waals surface area (Å²) in [4.78, 5) is 48.1. The highest BCUT2D eigenvalue weighted by atomic mass is 16.2. The fourth-order valence-corrected chi connectivity index (χ4v) is 2.53. The zero-order valence-corrected chi connectivity index (χ0v) is 16.0. The van der Waals surface area contributed by atoms with Gasteiger partial charge in [0, 0.05) is 31.5 Å². The zero-order chi connectivity index (χ0) is 21.0. The van der Waals surface area contributed by atoms with Crippen molar-refractivity contribution in [2.24, 2.45) is 9.98 Å². The van der Waals surface area contributed by atoms with Crippen molar-refractivity contribution in [2.45, 2.75) is 26.8 Å². The van der Waals surface area contributed by atoms with Crippen LogP contribution < -0.4 is 10.6 Å². The van der Waals surface area contributed by atoms with Gasteiger partial charge in [-0.1, -0.05) is 6.58 Å². The maximum absolute atomic E-state index is 12.2. The summed E-state index contributed by atoms with van der Waals surface area (Å²) in [6.07, 6.45) is 5.80. The molecule has 0 aromatic carbocycles. The number of amides is 3. The molecule has 0 fully saturated rings. The van der Waals surface area contributed by atoms with Crippen LogP contribution in [0.1, 0.15) is 19.0 Å². The molecule has 0 saturated heterocycles. The first-order chi connectivity index (χ1) is 13.8. The molecular formula is C18H20N8O3. The van der Waals surface area contributed by atoms with Crippen LogP contribution in [0.15, 0.2) is 46.9 Å². The summed E-state index contributed by atoms with van der Waals surface area (Å²) in [6.45, 7) is 7.93. The second-order valence-corrected chi connectivity index (χ2v) is 6.34. The van der Waals surface area contributed by atoms with Crippen molar-refractivity contribution >= 4 is 35.2 Å². The average Bonchev–Trinajstić information content (AvgIpc) is 3.32. The number of hydrogen-bond acceptors (Lipinski definition) is 6. The third-order valence-electron chi connectivity index (χ3n) is 4.07. The van der Waals surface area contributed by atoms with Crippen LogP contribution in [0.3, 0.4) is 0 Å². The van der Waals surface area contributed by atoms with Crippen molar-refractivity contribution in [1.29, 1.82) is 0 Å². The van der Waals surface area contributed by atoms with Crippen LogP contribution in [0.5, 0.6) is 0 Å². The van der Waals surface area contributed by atoms with Crippen molar-refractivity contribution in [1.82, 2.24) is 24.6 Å². The number of aromatic nitrogens is 4. The summed E-state index contributed by atoms with van der Waals surface area (Å²) in [7, 11) is 0. The lowest BCUT2D eigenvalue weighted by molar-refractivity contribution is -0.136. The molecule has 0 bridgehead atoms. The lowest BCUT2D eigenvalue weighted by Gasteiger charge is -2.12. The Morgan fingerprint density at radius 3 is 2.69 bits per heavy atom. The van der Waals surface area contributed by atoms with E-state index in [1.54, 1.807) is 32.4 Å². The number of aryl methyl sites for hydroxylation is 2. The van der Waals surface area contributed by atoms with Crippen molar-refractivity contribution in [3.63, 3.8) is 0 Å². The molecule has 11 heteroatoms. The molecule has 1 aliphatic rings. The third kappa shape index (κ3) is 4.69. The van der Waals surface area contributed by atoms with Crippen LogP contribution in [0.25, 0.3) is 0 Å². The topological polar surface area (TPSA) is 136 Å². The highest BCUT2D eigenvalue weighted by molar-refractivity contribution is 6.39. The van der Waals surface area contributed by atoms with Gasteiger partial charge in [-0.15, -0.1) is 0 Å². The average molecular weight is 396 g/mol. The molecule has 11 nitrogen and oxygen atoms in total. The molecule has 0 aliphatic carbocycles. The third-order valence-corrected chi connectivity index (χ3v) is 4.07. The van der Waals surface area contributed by atoms with Gasteiger partial charge in [0.25, 0.3) is 11.9 Å². The number of carbonyl (C=O) groups is 3. The summed E-state index contributed by atoms with van der Waals surface area (Å²) >= 11 is 0. The minimum Gasteiger partial charge on any atom is -0.348 e. The quantitative estimate of drug-likeness (QED) is 0.425. The van der Waals surface area contributed by atoms with Crippen molar-refractivity contribution in [3.8, 4) is 0 Å². The second kappa shape index (κ2) is 8.42. The predicted molar refractivity (Wildman–Crippen MR) is 106 cm³/mol. The molecule has 0 unspecified atom stereocenters. The van der Waals surface area contributed by atoms with E-state index in [0.717, 1.165) is 0 Å². The fourth-order valence-electron chi connectivity index (χ4n) is 2.53. The maximum atomic E-state index is 12.2. The summed E-state index contributed by atoms with van der Waals surface area (Å²) in [5.41, 5.74) is 1.15. The Balaban J connectivity index is 1.62. The van der Waals surface area contributed by atoms with Gasteiger partial charge in [-0.05, 0) is 20.3 Å². The second-order valence-electron chi connectivity index (χ2n) is 6.34. The largest absolute Gasteiger partial charge is 0.348 e. The monoisotopic (exact) mass is 396 g/mol. The molecule has 3 amide bonds. The minimum absolute atomic E-state index is 0.0101. The van der Waals surface area contributed by atoms with Crippen molar-refractivity contribution in [2.75, 3.05) is 11.9 Å². The first-order valence-corrected chi connectivity index (χ1v) is 8.84. The molecule has 0 atom stereocenters. The van der Waals surface area contributed by atoms with Gasteiger partial charge in [-0.25, -0.2) is 9.98 Å². The van der Waals surface area contributed by atoms with Gasteiger partial charge in [0.2, 0.25) is 0 Å². The predicted octanol–water partition coefficient (Wildman–Crippen LogP) is 0.294. The lowest BCUT2D eigenvalue weighted by atomic mass is 10.2. The number of nitrogens with zero attached hydrogens (tertiary/aromatic N) is 6. The Bertz CT molecular complexity index is 1030. The van der Waals surface area contributed by atoms with E-state index in [2.05, 4.69) is 37.3 Å². The van der Waals surface area contributed by atoms with Crippen LogP contribution in [-0.2, 0) is 20.9 Å².